The number of esters is 1. The van der Waals surface area contributed by atoms with E-state index in [1.165, 1.54) is 6.20 Å². The highest BCUT2D eigenvalue weighted by atomic mass is 16.5. The van der Waals surface area contributed by atoms with E-state index in [1.54, 1.807) is 19.1 Å². The van der Waals surface area contributed by atoms with Gasteiger partial charge in [0.05, 0.1) is 18.5 Å². The van der Waals surface area contributed by atoms with Crippen LogP contribution in [-0.4, -0.2) is 17.6 Å². The maximum atomic E-state index is 10.8. The molecule has 1 aromatic rings. The lowest BCUT2D eigenvalue weighted by molar-refractivity contribution is -0.136. The van der Waals surface area contributed by atoms with E-state index in [0.717, 1.165) is 0 Å². The Bertz CT molecular complexity index is 373. The molecule has 0 aliphatic carbocycles. The molecule has 0 spiro atoms. The van der Waals surface area contributed by atoms with Crippen LogP contribution in [0.25, 0.3) is 0 Å². The molecule has 72 valence electrons. The maximum absolute atomic E-state index is 10.8. The van der Waals surface area contributed by atoms with Crippen molar-refractivity contribution in [3.63, 3.8) is 0 Å². The second-order valence-corrected chi connectivity index (χ2v) is 2.45. The van der Waals surface area contributed by atoms with Crippen LogP contribution in [0, 0.1) is 11.8 Å². The first-order valence-electron chi connectivity index (χ1n) is 4.12. The van der Waals surface area contributed by atoms with Crippen LogP contribution in [0.2, 0.25) is 0 Å². The molecule has 0 bridgehead atoms. The highest BCUT2D eigenvalue weighted by molar-refractivity contribution is 5.88. The fourth-order valence-electron chi connectivity index (χ4n) is 0.761. The summed E-state index contributed by atoms with van der Waals surface area (Å²) in [6.07, 6.45) is 1.48. The topological polar surface area (TPSA) is 65.2 Å². The lowest BCUT2D eigenvalue weighted by atomic mass is 10.3. The van der Waals surface area contributed by atoms with Crippen molar-refractivity contribution in [2.75, 3.05) is 12.3 Å². The van der Waals surface area contributed by atoms with Gasteiger partial charge in [-0.1, -0.05) is 0 Å². The van der Waals surface area contributed by atoms with Crippen molar-refractivity contribution >= 4 is 11.7 Å². The number of carbonyl (C=O) groups excluding carboxylic acids is 1. The van der Waals surface area contributed by atoms with Gasteiger partial charge in [0.15, 0.2) is 0 Å². The number of hydrogen-bond acceptors (Lipinski definition) is 4. The van der Waals surface area contributed by atoms with E-state index in [2.05, 4.69) is 21.6 Å². The molecule has 0 radical (unpaired) electrons. The third-order valence-corrected chi connectivity index (χ3v) is 1.35. The van der Waals surface area contributed by atoms with Crippen LogP contribution >= 0.6 is 0 Å². The van der Waals surface area contributed by atoms with Gasteiger partial charge in [0.1, 0.15) is 5.69 Å². The fourth-order valence-corrected chi connectivity index (χ4v) is 0.761. The molecule has 0 aliphatic rings. The number of rotatable bonds is 1. The summed E-state index contributed by atoms with van der Waals surface area (Å²) in [5.74, 6) is 4.32. The van der Waals surface area contributed by atoms with Gasteiger partial charge in [-0.2, -0.15) is 0 Å². The van der Waals surface area contributed by atoms with Crippen LogP contribution in [0.5, 0.6) is 0 Å². The quantitative estimate of drug-likeness (QED) is 0.519. The number of nitrogen functional groups attached to an aromatic ring is 1. The standard InChI is InChI=1S/C10H10N2O2/c1-2-14-10(13)6-5-9-4-3-8(11)7-12-9/h3-4,7H,2,11H2,1H3. The Morgan fingerprint density at radius 1 is 1.64 bits per heavy atom. The Morgan fingerprint density at radius 2 is 2.43 bits per heavy atom. The molecule has 2 N–H and O–H groups in total. The lowest BCUT2D eigenvalue weighted by Gasteiger charge is -1.92. The smallest absolute Gasteiger partial charge is 0.384 e. The third-order valence-electron chi connectivity index (χ3n) is 1.35. The molecule has 1 rings (SSSR count). The molecule has 14 heavy (non-hydrogen) atoms. The molecule has 0 fully saturated rings. The molecule has 0 unspecified atom stereocenters. The molecule has 1 aromatic heterocycles. The fraction of sp³-hybridized carbons (Fsp3) is 0.200. The van der Waals surface area contributed by atoms with Gasteiger partial charge in [0.25, 0.3) is 0 Å². The zero-order valence-corrected chi connectivity index (χ0v) is 7.78. The zero-order chi connectivity index (χ0) is 10.4. The normalized spacial score (nSPS) is 8.64. The summed E-state index contributed by atoms with van der Waals surface area (Å²) in [7, 11) is 0. The summed E-state index contributed by atoms with van der Waals surface area (Å²) in [6.45, 7) is 2.05. The van der Waals surface area contributed by atoms with Gasteiger partial charge in [-0.05, 0) is 25.0 Å². The van der Waals surface area contributed by atoms with Crippen LogP contribution < -0.4 is 5.73 Å². The lowest BCUT2D eigenvalue weighted by Crippen LogP contribution is -1.99. The largest absolute Gasteiger partial charge is 0.456 e. The SMILES string of the molecule is CCOC(=O)C#Cc1ccc(N)cn1. The zero-order valence-electron chi connectivity index (χ0n) is 7.78. The number of carbonyl (C=O) groups is 1. The summed E-state index contributed by atoms with van der Waals surface area (Å²) in [6, 6.07) is 3.31. The van der Waals surface area contributed by atoms with Crippen molar-refractivity contribution in [2.24, 2.45) is 0 Å². The van der Waals surface area contributed by atoms with Crippen molar-refractivity contribution in [1.82, 2.24) is 4.98 Å². The number of nitrogens with two attached hydrogens (primary N) is 1. The van der Waals surface area contributed by atoms with Crippen LogP contribution in [-0.2, 0) is 9.53 Å². The minimum atomic E-state index is -0.550. The molecule has 4 nitrogen and oxygen atoms in total. The Hall–Kier alpha value is -2.02. The second-order valence-electron chi connectivity index (χ2n) is 2.45. The van der Waals surface area contributed by atoms with Gasteiger partial charge in [0.2, 0.25) is 0 Å². The Labute approximate surface area is 82.1 Å². The first-order valence-corrected chi connectivity index (χ1v) is 4.12. The van der Waals surface area contributed by atoms with Gasteiger partial charge >= 0.3 is 5.97 Å². The minimum absolute atomic E-state index is 0.322. The Kier molecular flexibility index (Phi) is 3.50. The molecule has 4 heteroatoms. The predicted octanol–water partition coefficient (Wildman–Crippen LogP) is 0.578. The molecular weight excluding hydrogens is 180 g/mol. The summed E-state index contributed by atoms with van der Waals surface area (Å²) in [5.41, 5.74) is 6.48. The first-order chi connectivity index (χ1) is 6.72. The van der Waals surface area contributed by atoms with Crippen molar-refractivity contribution in [2.45, 2.75) is 6.92 Å². The van der Waals surface area contributed by atoms with Crippen molar-refractivity contribution in [1.29, 1.82) is 0 Å². The third kappa shape index (κ3) is 3.15. The van der Waals surface area contributed by atoms with Crippen LogP contribution in [0.15, 0.2) is 18.3 Å². The van der Waals surface area contributed by atoms with E-state index in [1.807, 2.05) is 0 Å². The molecule has 0 saturated carbocycles. The average molecular weight is 190 g/mol. The number of anilines is 1. The molecule has 1 heterocycles. The van der Waals surface area contributed by atoms with Crippen molar-refractivity contribution in [3.05, 3.63) is 24.0 Å². The molecule has 0 atom stereocenters. The maximum Gasteiger partial charge on any atom is 0.384 e. The monoisotopic (exact) mass is 190 g/mol. The van der Waals surface area contributed by atoms with E-state index in [-0.39, 0.29) is 0 Å². The van der Waals surface area contributed by atoms with Gasteiger partial charge in [-0.25, -0.2) is 9.78 Å². The van der Waals surface area contributed by atoms with Crippen LogP contribution in [0.4, 0.5) is 5.69 Å². The Balaban J connectivity index is 2.68. The van der Waals surface area contributed by atoms with Gasteiger partial charge in [0, 0.05) is 5.92 Å². The molecule has 0 amide bonds. The number of aromatic nitrogens is 1. The highest BCUT2D eigenvalue weighted by Crippen LogP contribution is 1.98. The summed E-state index contributed by atoms with van der Waals surface area (Å²) < 4.78 is 4.62. The Morgan fingerprint density at radius 3 is 3.00 bits per heavy atom. The van der Waals surface area contributed by atoms with E-state index < -0.39 is 5.97 Å². The highest BCUT2D eigenvalue weighted by Gasteiger charge is 1.93. The van der Waals surface area contributed by atoms with E-state index in [0.29, 0.717) is 18.0 Å². The van der Waals surface area contributed by atoms with E-state index in [9.17, 15) is 4.79 Å². The van der Waals surface area contributed by atoms with E-state index >= 15 is 0 Å². The van der Waals surface area contributed by atoms with Crippen molar-refractivity contribution < 1.29 is 9.53 Å². The summed E-state index contributed by atoms with van der Waals surface area (Å²) >= 11 is 0. The summed E-state index contributed by atoms with van der Waals surface area (Å²) in [4.78, 5) is 14.7. The van der Waals surface area contributed by atoms with Crippen LogP contribution in [0.1, 0.15) is 12.6 Å². The molecule has 0 saturated heterocycles. The number of nitrogens with zero attached hydrogens (tertiary/aromatic N) is 1. The summed E-state index contributed by atoms with van der Waals surface area (Å²) in [5, 5.41) is 0. The van der Waals surface area contributed by atoms with Gasteiger partial charge in [-0.15, -0.1) is 0 Å². The molecule has 0 aromatic carbocycles. The van der Waals surface area contributed by atoms with Gasteiger partial charge in [-0.3, -0.25) is 0 Å². The minimum Gasteiger partial charge on any atom is -0.456 e. The number of pyridine rings is 1. The number of hydrogen-bond donors (Lipinski definition) is 1. The molecule has 0 aliphatic heterocycles. The van der Waals surface area contributed by atoms with Crippen LogP contribution in [0.3, 0.4) is 0 Å². The van der Waals surface area contributed by atoms with Gasteiger partial charge < -0.3 is 10.5 Å². The molecular formula is C10H10N2O2. The van der Waals surface area contributed by atoms with Crippen molar-refractivity contribution in [3.8, 4) is 11.8 Å². The van der Waals surface area contributed by atoms with E-state index in [4.69, 9.17) is 5.73 Å². The number of ether oxygens (including phenoxy) is 1. The second kappa shape index (κ2) is 4.87. The first kappa shape index (κ1) is 10.1. The average Bonchev–Trinajstić information content (AvgIpc) is 2.17. The predicted molar refractivity (Wildman–Crippen MR) is 52.2 cm³/mol.